The summed E-state index contributed by atoms with van der Waals surface area (Å²) in [6, 6.07) is 12.4. The van der Waals surface area contributed by atoms with Crippen LogP contribution in [0.15, 0.2) is 42.5 Å². The quantitative estimate of drug-likeness (QED) is 0.791. The second-order valence-electron chi connectivity index (χ2n) is 5.00. The highest BCUT2D eigenvalue weighted by Gasteiger charge is 2.11. The van der Waals surface area contributed by atoms with Gasteiger partial charge in [0.15, 0.2) is 0 Å². The van der Waals surface area contributed by atoms with Gasteiger partial charge in [0.1, 0.15) is 5.75 Å². The normalized spacial score (nSPS) is 10.4. The van der Waals surface area contributed by atoms with Gasteiger partial charge in [0.05, 0.1) is 5.56 Å². The maximum Gasteiger partial charge on any atom is 0.259 e. The van der Waals surface area contributed by atoms with Gasteiger partial charge in [0.2, 0.25) is 0 Å². The first-order valence-corrected chi connectivity index (χ1v) is 6.91. The number of aliphatic hydroxyl groups is 1. The van der Waals surface area contributed by atoms with Gasteiger partial charge < -0.3 is 15.5 Å². The summed E-state index contributed by atoms with van der Waals surface area (Å²) in [5.74, 6) is -0.365. The van der Waals surface area contributed by atoms with Crippen LogP contribution in [0.1, 0.15) is 27.9 Å². The highest BCUT2D eigenvalue weighted by molar-refractivity contribution is 6.06. The molecule has 0 saturated heterocycles. The first-order valence-electron chi connectivity index (χ1n) is 6.91. The predicted molar refractivity (Wildman–Crippen MR) is 82.6 cm³/mol. The molecular weight excluding hydrogens is 266 g/mol. The molecule has 0 radical (unpaired) electrons. The minimum Gasteiger partial charge on any atom is -0.507 e. The fraction of sp³-hybridized carbons (Fsp3) is 0.235. The molecule has 4 nitrogen and oxygen atoms in total. The molecule has 0 aliphatic rings. The Hall–Kier alpha value is -2.33. The number of aromatic hydroxyl groups is 1. The molecule has 0 unspecified atom stereocenters. The predicted octanol–water partition coefficient (Wildman–Crippen LogP) is 2.88. The summed E-state index contributed by atoms with van der Waals surface area (Å²) in [6.45, 7) is 2.00. The molecule has 4 heteroatoms. The van der Waals surface area contributed by atoms with Crippen LogP contribution in [0, 0.1) is 6.92 Å². The summed E-state index contributed by atoms with van der Waals surface area (Å²) in [4.78, 5) is 12.2. The molecule has 0 aliphatic carbocycles. The monoisotopic (exact) mass is 285 g/mol. The molecule has 110 valence electrons. The van der Waals surface area contributed by atoms with Crippen LogP contribution in [0.2, 0.25) is 0 Å². The van der Waals surface area contributed by atoms with Gasteiger partial charge in [-0.05, 0) is 55.2 Å². The number of phenols is 1. The molecule has 0 atom stereocenters. The largest absolute Gasteiger partial charge is 0.507 e. The Kier molecular flexibility index (Phi) is 4.95. The van der Waals surface area contributed by atoms with Crippen LogP contribution in [0.3, 0.4) is 0 Å². The number of anilines is 1. The van der Waals surface area contributed by atoms with Gasteiger partial charge in [-0.25, -0.2) is 0 Å². The molecule has 0 fully saturated rings. The first-order chi connectivity index (χ1) is 10.1. The van der Waals surface area contributed by atoms with Crippen molar-refractivity contribution in [2.24, 2.45) is 0 Å². The summed E-state index contributed by atoms with van der Waals surface area (Å²) in [5, 5.41) is 21.4. The van der Waals surface area contributed by atoms with E-state index in [-0.39, 0.29) is 23.8 Å². The van der Waals surface area contributed by atoms with Crippen molar-refractivity contribution in [2.45, 2.75) is 19.8 Å². The van der Waals surface area contributed by atoms with E-state index in [1.54, 1.807) is 24.3 Å². The molecule has 0 aliphatic heterocycles. The van der Waals surface area contributed by atoms with Crippen LogP contribution >= 0.6 is 0 Å². The van der Waals surface area contributed by atoms with Crippen molar-refractivity contribution in [1.82, 2.24) is 0 Å². The number of carbonyl (C=O) groups is 1. The number of benzene rings is 2. The van der Waals surface area contributed by atoms with Crippen LogP contribution in [0.4, 0.5) is 5.69 Å². The second-order valence-corrected chi connectivity index (χ2v) is 5.00. The molecule has 21 heavy (non-hydrogen) atoms. The summed E-state index contributed by atoms with van der Waals surface area (Å²) < 4.78 is 0. The minimum absolute atomic E-state index is 0.0241. The molecule has 0 spiro atoms. The second kappa shape index (κ2) is 6.90. The number of aliphatic hydroxyl groups excluding tert-OH is 1. The van der Waals surface area contributed by atoms with Gasteiger partial charge in [-0.1, -0.05) is 18.2 Å². The van der Waals surface area contributed by atoms with E-state index in [1.165, 1.54) is 0 Å². The Bertz CT molecular complexity index is 638. The van der Waals surface area contributed by atoms with Crippen molar-refractivity contribution in [3.05, 3.63) is 59.2 Å². The molecule has 1 amide bonds. The SMILES string of the molecule is Cc1ccc(C(=O)Nc2cccc(CCCO)c2)c(O)c1. The van der Waals surface area contributed by atoms with Crippen LogP contribution in [0.5, 0.6) is 5.75 Å². The Morgan fingerprint density at radius 3 is 2.71 bits per heavy atom. The Morgan fingerprint density at radius 1 is 1.19 bits per heavy atom. The zero-order chi connectivity index (χ0) is 15.2. The van der Waals surface area contributed by atoms with Crippen molar-refractivity contribution in [3.63, 3.8) is 0 Å². The molecule has 0 aromatic heterocycles. The van der Waals surface area contributed by atoms with Crippen LogP contribution in [-0.2, 0) is 6.42 Å². The van der Waals surface area contributed by atoms with Gasteiger partial charge in [-0.2, -0.15) is 0 Å². The van der Waals surface area contributed by atoms with Crippen molar-refractivity contribution < 1.29 is 15.0 Å². The van der Waals surface area contributed by atoms with Crippen molar-refractivity contribution in [2.75, 3.05) is 11.9 Å². The Balaban J connectivity index is 2.12. The zero-order valence-corrected chi connectivity index (χ0v) is 12.0. The lowest BCUT2D eigenvalue weighted by molar-refractivity contribution is 0.102. The topological polar surface area (TPSA) is 69.6 Å². The maximum absolute atomic E-state index is 12.2. The van der Waals surface area contributed by atoms with Gasteiger partial charge in [0, 0.05) is 12.3 Å². The summed E-state index contributed by atoms with van der Waals surface area (Å²) in [5.41, 5.74) is 2.88. The van der Waals surface area contributed by atoms with Gasteiger partial charge in [-0.3, -0.25) is 4.79 Å². The van der Waals surface area contributed by atoms with E-state index in [0.717, 1.165) is 17.5 Å². The maximum atomic E-state index is 12.2. The number of aryl methyl sites for hydroxylation is 2. The number of carbonyl (C=O) groups excluding carboxylic acids is 1. The van der Waals surface area contributed by atoms with Crippen molar-refractivity contribution in [3.8, 4) is 5.75 Å². The average Bonchev–Trinajstić information content (AvgIpc) is 2.45. The van der Waals surface area contributed by atoms with Crippen LogP contribution in [-0.4, -0.2) is 22.7 Å². The molecule has 2 rings (SSSR count). The summed E-state index contributed by atoms with van der Waals surface area (Å²) >= 11 is 0. The van der Waals surface area contributed by atoms with Crippen molar-refractivity contribution in [1.29, 1.82) is 0 Å². The fourth-order valence-electron chi connectivity index (χ4n) is 2.12. The fourth-order valence-corrected chi connectivity index (χ4v) is 2.12. The average molecular weight is 285 g/mol. The van der Waals surface area contributed by atoms with Crippen LogP contribution in [0.25, 0.3) is 0 Å². The smallest absolute Gasteiger partial charge is 0.259 e. The minimum atomic E-state index is -0.341. The molecule has 2 aromatic rings. The molecule has 0 heterocycles. The molecule has 0 saturated carbocycles. The van der Waals surface area contributed by atoms with E-state index < -0.39 is 0 Å². The molecule has 0 bridgehead atoms. The van der Waals surface area contributed by atoms with E-state index in [0.29, 0.717) is 12.1 Å². The standard InChI is InChI=1S/C17H19NO3/c1-12-7-8-15(16(20)10-12)17(21)18-14-6-2-4-13(11-14)5-3-9-19/h2,4,6-8,10-11,19-20H,3,5,9H2,1H3,(H,18,21). The van der Waals surface area contributed by atoms with E-state index in [9.17, 15) is 9.90 Å². The number of hydrogen-bond acceptors (Lipinski definition) is 3. The van der Waals surface area contributed by atoms with Crippen LogP contribution < -0.4 is 5.32 Å². The third kappa shape index (κ3) is 4.07. The molecule has 3 N–H and O–H groups in total. The third-order valence-electron chi connectivity index (χ3n) is 3.21. The number of phenolic OH excluding ortho intramolecular Hbond substituents is 1. The number of nitrogens with one attached hydrogen (secondary N) is 1. The molecule has 2 aromatic carbocycles. The van der Waals surface area contributed by atoms with E-state index in [4.69, 9.17) is 5.11 Å². The highest BCUT2D eigenvalue weighted by Crippen LogP contribution is 2.20. The lowest BCUT2D eigenvalue weighted by atomic mass is 10.1. The third-order valence-corrected chi connectivity index (χ3v) is 3.21. The Labute approximate surface area is 124 Å². The van der Waals surface area contributed by atoms with Gasteiger partial charge in [-0.15, -0.1) is 0 Å². The van der Waals surface area contributed by atoms with E-state index >= 15 is 0 Å². The summed E-state index contributed by atoms with van der Waals surface area (Å²) in [7, 11) is 0. The van der Waals surface area contributed by atoms with E-state index in [2.05, 4.69) is 5.32 Å². The summed E-state index contributed by atoms with van der Waals surface area (Å²) in [6.07, 6.45) is 1.45. The Morgan fingerprint density at radius 2 is 2.00 bits per heavy atom. The van der Waals surface area contributed by atoms with Crippen molar-refractivity contribution >= 4 is 11.6 Å². The van der Waals surface area contributed by atoms with Gasteiger partial charge >= 0.3 is 0 Å². The lowest BCUT2D eigenvalue weighted by Gasteiger charge is -2.09. The van der Waals surface area contributed by atoms with Gasteiger partial charge in [0.25, 0.3) is 5.91 Å². The number of amides is 1. The van der Waals surface area contributed by atoms with E-state index in [1.807, 2.05) is 25.1 Å². The first kappa shape index (κ1) is 15.1. The zero-order valence-electron chi connectivity index (χ0n) is 12.0. The number of hydrogen-bond donors (Lipinski definition) is 3. The lowest BCUT2D eigenvalue weighted by Crippen LogP contribution is -2.12. The highest BCUT2D eigenvalue weighted by atomic mass is 16.3. The molecular formula is C17H19NO3. The number of rotatable bonds is 5.